The number of hydrogen-bond acceptors (Lipinski definition) is 5. The van der Waals surface area contributed by atoms with Gasteiger partial charge in [-0.3, -0.25) is 19.0 Å². The molecule has 0 radical (unpaired) electrons. The number of nitrogens with one attached hydrogen (secondary N) is 1. The highest BCUT2D eigenvalue weighted by Crippen LogP contribution is 2.23. The monoisotopic (exact) mass is 455 g/mol. The smallest absolute Gasteiger partial charge is 0.406 e. The fourth-order valence-corrected chi connectivity index (χ4v) is 3.18. The number of carbonyl (C=O) groups is 2. The topological polar surface area (TPSA) is 109 Å². The molecule has 2 amide bonds. The third kappa shape index (κ3) is 5.11. The Bertz CT molecular complexity index is 1130. The lowest BCUT2D eigenvalue weighted by molar-refractivity contribution is -0.155. The van der Waals surface area contributed by atoms with E-state index in [1.165, 1.54) is 16.8 Å². The largest absolute Gasteiger partial charge is 0.492 e. The zero-order valence-corrected chi connectivity index (χ0v) is 17.8. The van der Waals surface area contributed by atoms with E-state index in [2.05, 4.69) is 10.4 Å². The van der Waals surface area contributed by atoms with Crippen molar-refractivity contribution in [2.75, 3.05) is 13.6 Å². The summed E-state index contributed by atoms with van der Waals surface area (Å²) < 4.78 is 39.8. The van der Waals surface area contributed by atoms with Gasteiger partial charge in [0.15, 0.2) is 5.56 Å². The minimum atomic E-state index is -4.54. The minimum absolute atomic E-state index is 0.0216. The Balaban J connectivity index is 2.05. The van der Waals surface area contributed by atoms with E-state index in [-0.39, 0.29) is 29.7 Å². The number of alkyl halides is 3. The summed E-state index contributed by atoms with van der Waals surface area (Å²) in [6.07, 6.45) is 0.449. The van der Waals surface area contributed by atoms with Crippen LogP contribution in [0.2, 0.25) is 0 Å². The van der Waals surface area contributed by atoms with Gasteiger partial charge in [0.2, 0.25) is 11.8 Å². The van der Waals surface area contributed by atoms with Crippen LogP contribution in [0.15, 0.2) is 17.1 Å². The molecule has 12 heteroatoms. The molecule has 0 bridgehead atoms. The zero-order chi connectivity index (χ0) is 23.8. The van der Waals surface area contributed by atoms with Gasteiger partial charge in [-0.1, -0.05) is 13.8 Å². The van der Waals surface area contributed by atoms with Gasteiger partial charge >= 0.3 is 6.18 Å². The first-order valence-corrected chi connectivity index (χ1v) is 10.0. The first-order chi connectivity index (χ1) is 14.9. The molecule has 2 aromatic rings. The SMILES string of the molecule is CC(C)Cn1c(=O)c(C(=O)NC2CC2)c(O)n2ncc(C=CC(=O)N(C)CC(F)(F)F)c12. The van der Waals surface area contributed by atoms with Crippen molar-refractivity contribution < 1.29 is 27.9 Å². The molecule has 0 spiro atoms. The molecular formula is C20H24F3N5O4. The first kappa shape index (κ1) is 23.4. The average Bonchev–Trinajstić information content (AvgIpc) is 3.37. The summed E-state index contributed by atoms with van der Waals surface area (Å²) in [5.41, 5.74) is -0.824. The molecule has 2 aromatic heterocycles. The molecule has 0 aromatic carbocycles. The predicted molar refractivity (Wildman–Crippen MR) is 109 cm³/mol. The van der Waals surface area contributed by atoms with Gasteiger partial charge in [-0.2, -0.15) is 22.8 Å². The van der Waals surface area contributed by atoms with E-state index in [4.69, 9.17) is 0 Å². The molecule has 2 N–H and O–H groups in total. The Kier molecular flexibility index (Phi) is 6.33. The van der Waals surface area contributed by atoms with Crippen LogP contribution in [-0.4, -0.2) is 61.8 Å². The zero-order valence-electron chi connectivity index (χ0n) is 17.8. The third-order valence-corrected chi connectivity index (χ3v) is 4.80. The van der Waals surface area contributed by atoms with Crippen molar-refractivity contribution >= 4 is 23.5 Å². The summed E-state index contributed by atoms with van der Waals surface area (Å²) in [6.45, 7) is 2.46. The molecule has 174 valence electrons. The van der Waals surface area contributed by atoms with Crippen LogP contribution in [0.5, 0.6) is 5.88 Å². The molecule has 32 heavy (non-hydrogen) atoms. The molecule has 1 aliphatic rings. The Hall–Kier alpha value is -3.31. The Morgan fingerprint density at radius 1 is 1.38 bits per heavy atom. The highest BCUT2D eigenvalue weighted by Gasteiger charge is 2.31. The molecular weight excluding hydrogens is 431 g/mol. The van der Waals surface area contributed by atoms with Gasteiger partial charge in [0.1, 0.15) is 12.2 Å². The lowest BCUT2D eigenvalue weighted by Gasteiger charge is -2.17. The van der Waals surface area contributed by atoms with Crippen molar-refractivity contribution in [3.8, 4) is 5.88 Å². The van der Waals surface area contributed by atoms with Gasteiger partial charge in [0.25, 0.3) is 11.5 Å². The molecule has 0 aliphatic heterocycles. The molecule has 3 rings (SSSR count). The molecule has 1 fully saturated rings. The second-order valence-corrected chi connectivity index (χ2v) is 8.23. The normalized spacial score (nSPS) is 14.5. The van der Waals surface area contributed by atoms with E-state index in [1.807, 2.05) is 13.8 Å². The first-order valence-electron chi connectivity index (χ1n) is 10.0. The van der Waals surface area contributed by atoms with E-state index in [9.17, 15) is 32.7 Å². The summed E-state index contributed by atoms with van der Waals surface area (Å²) in [5.74, 6) is -2.27. The van der Waals surface area contributed by atoms with E-state index in [1.54, 1.807) is 0 Å². The number of aromatic hydroxyl groups is 1. The summed E-state index contributed by atoms with van der Waals surface area (Å²) in [4.78, 5) is 38.2. The number of nitrogens with zero attached hydrogens (tertiary/aromatic N) is 4. The van der Waals surface area contributed by atoms with E-state index >= 15 is 0 Å². The van der Waals surface area contributed by atoms with Crippen LogP contribution in [0.3, 0.4) is 0 Å². The molecule has 0 unspecified atom stereocenters. The second kappa shape index (κ2) is 8.67. The van der Waals surface area contributed by atoms with Crippen molar-refractivity contribution in [3.05, 3.63) is 33.8 Å². The van der Waals surface area contributed by atoms with Crippen molar-refractivity contribution in [3.63, 3.8) is 0 Å². The van der Waals surface area contributed by atoms with E-state index in [0.717, 1.165) is 30.5 Å². The summed E-state index contributed by atoms with van der Waals surface area (Å²) in [5, 5.41) is 17.3. The third-order valence-electron chi connectivity index (χ3n) is 4.80. The fourth-order valence-electron chi connectivity index (χ4n) is 3.18. The van der Waals surface area contributed by atoms with Crippen LogP contribution in [0.4, 0.5) is 13.2 Å². The number of amides is 2. The maximum atomic E-state index is 13.1. The van der Waals surface area contributed by atoms with Crippen LogP contribution >= 0.6 is 0 Å². The summed E-state index contributed by atoms with van der Waals surface area (Å²) in [7, 11) is 1.02. The molecule has 0 saturated heterocycles. The number of aromatic nitrogens is 3. The van der Waals surface area contributed by atoms with Crippen LogP contribution in [0.1, 0.15) is 42.6 Å². The predicted octanol–water partition coefficient (Wildman–Crippen LogP) is 1.78. The second-order valence-electron chi connectivity index (χ2n) is 8.23. The Labute approximate surface area is 181 Å². The lowest BCUT2D eigenvalue weighted by Crippen LogP contribution is -2.36. The highest BCUT2D eigenvalue weighted by molar-refractivity contribution is 5.97. The van der Waals surface area contributed by atoms with Crippen molar-refractivity contribution in [1.29, 1.82) is 0 Å². The molecule has 0 atom stereocenters. The summed E-state index contributed by atoms with van der Waals surface area (Å²) >= 11 is 0. The van der Waals surface area contributed by atoms with Crippen LogP contribution in [-0.2, 0) is 11.3 Å². The van der Waals surface area contributed by atoms with Crippen LogP contribution in [0.25, 0.3) is 11.7 Å². The molecule has 1 saturated carbocycles. The molecule has 9 nitrogen and oxygen atoms in total. The number of hydrogen-bond donors (Lipinski definition) is 2. The van der Waals surface area contributed by atoms with Gasteiger partial charge in [-0.15, -0.1) is 0 Å². The Morgan fingerprint density at radius 2 is 2.03 bits per heavy atom. The van der Waals surface area contributed by atoms with Gasteiger partial charge in [0.05, 0.1) is 6.20 Å². The van der Waals surface area contributed by atoms with Gasteiger partial charge < -0.3 is 15.3 Å². The quantitative estimate of drug-likeness (QED) is 0.619. The van der Waals surface area contributed by atoms with Gasteiger partial charge in [-0.05, 0) is 24.8 Å². The van der Waals surface area contributed by atoms with Crippen molar-refractivity contribution in [2.45, 2.75) is 45.5 Å². The minimum Gasteiger partial charge on any atom is -0.492 e. The lowest BCUT2D eigenvalue weighted by atomic mass is 10.2. The number of halogens is 3. The molecule has 1 aliphatic carbocycles. The fraction of sp³-hybridized carbons (Fsp3) is 0.500. The summed E-state index contributed by atoms with van der Waals surface area (Å²) in [6, 6.07) is -0.0358. The highest BCUT2D eigenvalue weighted by atomic mass is 19.4. The van der Waals surface area contributed by atoms with Crippen LogP contribution < -0.4 is 10.9 Å². The number of rotatable bonds is 7. The maximum Gasteiger partial charge on any atom is 0.406 e. The van der Waals surface area contributed by atoms with E-state index < -0.39 is 41.5 Å². The van der Waals surface area contributed by atoms with Crippen molar-refractivity contribution in [2.24, 2.45) is 5.92 Å². The maximum absolute atomic E-state index is 13.1. The van der Waals surface area contributed by atoms with Gasteiger partial charge in [0, 0.05) is 31.3 Å². The van der Waals surface area contributed by atoms with Crippen molar-refractivity contribution in [1.82, 2.24) is 24.4 Å². The average molecular weight is 455 g/mol. The number of fused-ring (bicyclic) bond motifs is 1. The Morgan fingerprint density at radius 3 is 2.59 bits per heavy atom. The van der Waals surface area contributed by atoms with Gasteiger partial charge in [-0.25, -0.2) is 0 Å². The number of likely N-dealkylation sites (N-methyl/N-ethyl adjacent to an activating group) is 1. The van der Waals surface area contributed by atoms with E-state index in [0.29, 0.717) is 4.90 Å². The standard InChI is InChI=1S/C20H24F3N5O4/c1-11(2)9-27-17-12(4-7-14(29)26(3)10-20(21,22)23)8-24-28(17)19(32)15(18(27)31)16(30)25-13-5-6-13/h4,7-8,11,13,32H,5-6,9-10H2,1-3H3,(H,25,30). The number of carbonyl (C=O) groups excluding carboxylic acids is 2. The molecule has 2 heterocycles. The van der Waals surface area contributed by atoms with Crippen LogP contribution in [0, 0.1) is 5.92 Å².